The molecular formula is C22H25N3O2S. The minimum atomic E-state index is -3.61. The Labute approximate surface area is 166 Å². The summed E-state index contributed by atoms with van der Waals surface area (Å²) in [6.45, 7) is 3.10. The predicted octanol–water partition coefficient (Wildman–Crippen LogP) is 4.16. The standard InChI is InChI=1S/C22H25N3O2S/c1-18-10-8-9-15-25(18)28(26,27)21-17-24(16-19-11-4-2-5-12-19)23-22(21)20-13-6-3-7-14-20/h2-7,11-14,17-18H,8-10,15-16H2,1H3. The molecule has 1 aliphatic heterocycles. The van der Waals surface area contributed by atoms with Crippen LogP contribution in [0.2, 0.25) is 0 Å². The molecule has 1 aliphatic rings. The van der Waals surface area contributed by atoms with Crippen LogP contribution in [0.5, 0.6) is 0 Å². The molecule has 0 saturated carbocycles. The third-order valence-corrected chi connectivity index (χ3v) is 7.31. The smallest absolute Gasteiger partial charge is 0.247 e. The lowest BCUT2D eigenvalue weighted by Gasteiger charge is -2.32. The van der Waals surface area contributed by atoms with Crippen LogP contribution in [0, 0.1) is 0 Å². The second-order valence-electron chi connectivity index (χ2n) is 7.35. The van der Waals surface area contributed by atoms with Gasteiger partial charge >= 0.3 is 0 Å². The Kier molecular flexibility index (Phi) is 5.33. The average Bonchev–Trinajstić information content (AvgIpc) is 3.14. The molecule has 0 radical (unpaired) electrons. The summed E-state index contributed by atoms with van der Waals surface area (Å²) in [7, 11) is -3.61. The van der Waals surface area contributed by atoms with E-state index in [1.807, 2.05) is 67.6 Å². The Balaban J connectivity index is 1.78. The molecule has 1 saturated heterocycles. The van der Waals surface area contributed by atoms with E-state index < -0.39 is 10.0 Å². The number of nitrogens with zero attached hydrogens (tertiary/aromatic N) is 3. The fourth-order valence-electron chi connectivity index (χ4n) is 3.79. The van der Waals surface area contributed by atoms with Crippen LogP contribution in [0.25, 0.3) is 11.3 Å². The van der Waals surface area contributed by atoms with E-state index in [2.05, 4.69) is 5.10 Å². The van der Waals surface area contributed by atoms with Gasteiger partial charge in [-0.25, -0.2) is 8.42 Å². The van der Waals surface area contributed by atoms with Crippen LogP contribution in [0.15, 0.2) is 71.8 Å². The molecule has 0 spiro atoms. The van der Waals surface area contributed by atoms with Crippen molar-refractivity contribution in [1.29, 1.82) is 0 Å². The molecule has 0 amide bonds. The van der Waals surface area contributed by atoms with E-state index in [4.69, 9.17) is 0 Å². The van der Waals surface area contributed by atoms with Crippen molar-refractivity contribution < 1.29 is 8.42 Å². The molecule has 3 aromatic rings. The van der Waals surface area contributed by atoms with Crippen molar-refractivity contribution in [2.75, 3.05) is 6.54 Å². The monoisotopic (exact) mass is 395 g/mol. The van der Waals surface area contributed by atoms with E-state index in [9.17, 15) is 8.42 Å². The number of rotatable bonds is 5. The molecule has 6 heteroatoms. The lowest BCUT2D eigenvalue weighted by molar-refractivity contribution is 0.269. The highest BCUT2D eigenvalue weighted by atomic mass is 32.2. The SMILES string of the molecule is CC1CCCCN1S(=O)(=O)c1cn(Cc2ccccc2)nc1-c1ccccc1. The van der Waals surface area contributed by atoms with E-state index in [0.29, 0.717) is 23.7 Å². The van der Waals surface area contributed by atoms with Crippen molar-refractivity contribution in [2.24, 2.45) is 0 Å². The van der Waals surface area contributed by atoms with Gasteiger partial charge in [-0.05, 0) is 25.3 Å². The van der Waals surface area contributed by atoms with Crippen LogP contribution in [0.3, 0.4) is 0 Å². The first-order valence-corrected chi connectivity index (χ1v) is 11.2. The van der Waals surface area contributed by atoms with Gasteiger partial charge in [0.25, 0.3) is 0 Å². The summed E-state index contributed by atoms with van der Waals surface area (Å²) >= 11 is 0. The lowest BCUT2D eigenvalue weighted by Crippen LogP contribution is -2.41. The van der Waals surface area contributed by atoms with Crippen LogP contribution in [0.1, 0.15) is 31.7 Å². The van der Waals surface area contributed by atoms with E-state index in [-0.39, 0.29) is 6.04 Å². The Hall–Kier alpha value is -2.44. The number of sulfonamides is 1. The molecule has 1 atom stereocenters. The van der Waals surface area contributed by atoms with Crippen LogP contribution < -0.4 is 0 Å². The van der Waals surface area contributed by atoms with Gasteiger partial charge in [0, 0.05) is 24.3 Å². The number of piperidine rings is 1. The van der Waals surface area contributed by atoms with Crippen molar-refractivity contribution in [1.82, 2.24) is 14.1 Å². The summed E-state index contributed by atoms with van der Waals surface area (Å²) in [4.78, 5) is 0.295. The molecule has 1 fully saturated rings. The molecule has 4 rings (SSSR count). The maximum atomic E-state index is 13.5. The first-order chi connectivity index (χ1) is 13.6. The van der Waals surface area contributed by atoms with Gasteiger partial charge in [-0.3, -0.25) is 4.68 Å². The summed E-state index contributed by atoms with van der Waals surface area (Å²) < 4.78 is 30.4. The van der Waals surface area contributed by atoms with E-state index >= 15 is 0 Å². The maximum absolute atomic E-state index is 13.5. The van der Waals surface area contributed by atoms with E-state index in [1.54, 1.807) is 15.2 Å². The summed E-state index contributed by atoms with van der Waals surface area (Å²) in [5.41, 5.74) is 2.42. The number of benzene rings is 2. The molecule has 28 heavy (non-hydrogen) atoms. The number of aromatic nitrogens is 2. The van der Waals surface area contributed by atoms with E-state index in [0.717, 1.165) is 30.4 Å². The zero-order valence-corrected chi connectivity index (χ0v) is 16.8. The number of hydrogen-bond donors (Lipinski definition) is 0. The molecule has 5 nitrogen and oxygen atoms in total. The molecule has 0 N–H and O–H groups in total. The highest BCUT2D eigenvalue weighted by Crippen LogP contribution is 2.31. The highest BCUT2D eigenvalue weighted by Gasteiger charge is 2.34. The third-order valence-electron chi connectivity index (χ3n) is 5.29. The zero-order valence-electron chi connectivity index (χ0n) is 16.0. The van der Waals surface area contributed by atoms with Gasteiger partial charge in [0.15, 0.2) is 0 Å². The average molecular weight is 396 g/mol. The zero-order chi connectivity index (χ0) is 19.6. The molecular weight excluding hydrogens is 370 g/mol. The van der Waals surface area contributed by atoms with Gasteiger partial charge in [0.2, 0.25) is 10.0 Å². The fraction of sp³-hybridized carbons (Fsp3) is 0.318. The number of hydrogen-bond acceptors (Lipinski definition) is 3. The van der Waals surface area contributed by atoms with Gasteiger partial charge in [0.05, 0.1) is 6.54 Å². The van der Waals surface area contributed by atoms with Crippen LogP contribution >= 0.6 is 0 Å². The van der Waals surface area contributed by atoms with E-state index in [1.165, 1.54) is 0 Å². The van der Waals surface area contributed by atoms with Crippen molar-refractivity contribution in [3.05, 3.63) is 72.4 Å². The van der Waals surface area contributed by atoms with Crippen LogP contribution in [0.4, 0.5) is 0 Å². The largest absolute Gasteiger partial charge is 0.266 e. The molecule has 0 bridgehead atoms. The summed E-state index contributed by atoms with van der Waals surface area (Å²) in [5, 5.41) is 4.67. The maximum Gasteiger partial charge on any atom is 0.247 e. The van der Waals surface area contributed by atoms with Crippen molar-refractivity contribution in [3.63, 3.8) is 0 Å². The highest BCUT2D eigenvalue weighted by molar-refractivity contribution is 7.89. The summed E-state index contributed by atoms with van der Waals surface area (Å²) in [6, 6.07) is 19.5. The minimum absolute atomic E-state index is 0.0137. The summed E-state index contributed by atoms with van der Waals surface area (Å²) in [6.07, 6.45) is 4.57. The van der Waals surface area contributed by atoms with Crippen molar-refractivity contribution in [2.45, 2.75) is 43.7 Å². The minimum Gasteiger partial charge on any atom is -0.266 e. The van der Waals surface area contributed by atoms with Gasteiger partial charge in [-0.2, -0.15) is 9.40 Å². The Morgan fingerprint density at radius 3 is 2.36 bits per heavy atom. The Morgan fingerprint density at radius 1 is 1.00 bits per heavy atom. The lowest BCUT2D eigenvalue weighted by atomic mass is 10.1. The van der Waals surface area contributed by atoms with Crippen molar-refractivity contribution >= 4 is 10.0 Å². The molecule has 1 aromatic heterocycles. The van der Waals surface area contributed by atoms with Gasteiger partial charge in [-0.15, -0.1) is 0 Å². The van der Waals surface area contributed by atoms with Crippen LogP contribution in [-0.2, 0) is 16.6 Å². The first kappa shape index (κ1) is 18.9. The van der Waals surface area contributed by atoms with Crippen LogP contribution in [-0.4, -0.2) is 35.1 Å². The second kappa shape index (κ2) is 7.89. The quantitative estimate of drug-likeness (QED) is 0.652. The molecule has 1 unspecified atom stereocenters. The normalized spacial score (nSPS) is 18.2. The summed E-state index contributed by atoms with van der Waals surface area (Å²) in [5.74, 6) is 0. The van der Waals surface area contributed by atoms with Gasteiger partial charge in [-0.1, -0.05) is 67.1 Å². The fourth-order valence-corrected chi connectivity index (χ4v) is 5.65. The molecule has 2 heterocycles. The van der Waals surface area contributed by atoms with Gasteiger partial charge < -0.3 is 0 Å². The first-order valence-electron chi connectivity index (χ1n) is 9.74. The Bertz CT molecular complexity index is 1030. The molecule has 2 aromatic carbocycles. The Morgan fingerprint density at radius 2 is 1.68 bits per heavy atom. The van der Waals surface area contributed by atoms with Gasteiger partial charge in [0.1, 0.15) is 10.6 Å². The third kappa shape index (κ3) is 3.75. The molecule has 146 valence electrons. The molecule has 0 aliphatic carbocycles. The topological polar surface area (TPSA) is 55.2 Å². The second-order valence-corrected chi connectivity index (χ2v) is 9.21. The van der Waals surface area contributed by atoms with Crippen molar-refractivity contribution in [3.8, 4) is 11.3 Å². The predicted molar refractivity (Wildman–Crippen MR) is 110 cm³/mol.